The quantitative estimate of drug-likeness (QED) is 0.845. The second kappa shape index (κ2) is 6.91. The average molecular weight is 324 g/mol. The molecule has 0 bridgehead atoms. The van der Waals surface area contributed by atoms with E-state index >= 15 is 0 Å². The normalized spacial score (nSPS) is 17.1. The van der Waals surface area contributed by atoms with E-state index in [2.05, 4.69) is 22.1 Å². The van der Waals surface area contributed by atoms with Crippen LogP contribution in [0.25, 0.3) is 0 Å². The van der Waals surface area contributed by atoms with Crippen molar-refractivity contribution in [1.82, 2.24) is 4.98 Å². The van der Waals surface area contributed by atoms with Crippen molar-refractivity contribution >= 4 is 23.1 Å². The van der Waals surface area contributed by atoms with Crippen LogP contribution in [-0.4, -0.2) is 24.0 Å². The molecule has 3 rings (SSSR count). The largest absolute Gasteiger partial charge is 0.397 e. The number of aryl methyl sites for hydroxylation is 1. The molecule has 1 amide bonds. The maximum Gasteiger partial charge on any atom is 0.257 e. The third kappa shape index (κ3) is 3.50. The number of aromatic nitrogens is 1. The topological polar surface area (TPSA) is 71.2 Å². The predicted octanol–water partition coefficient (Wildman–Crippen LogP) is 3.46. The van der Waals surface area contributed by atoms with Crippen molar-refractivity contribution in [3.05, 3.63) is 47.7 Å². The third-order valence-electron chi connectivity index (χ3n) is 4.65. The van der Waals surface area contributed by atoms with Crippen LogP contribution in [0.2, 0.25) is 0 Å². The Morgan fingerprint density at radius 2 is 2.21 bits per heavy atom. The van der Waals surface area contributed by atoms with Crippen LogP contribution in [0.15, 0.2) is 36.5 Å². The van der Waals surface area contributed by atoms with E-state index in [9.17, 15) is 4.79 Å². The minimum Gasteiger partial charge on any atom is -0.397 e. The molecule has 2 aromatic rings. The third-order valence-corrected chi connectivity index (χ3v) is 4.65. The van der Waals surface area contributed by atoms with Crippen molar-refractivity contribution in [2.75, 3.05) is 29.0 Å². The van der Waals surface area contributed by atoms with Crippen LogP contribution in [0.5, 0.6) is 0 Å². The molecule has 1 atom stereocenters. The molecule has 1 unspecified atom stereocenters. The maximum absolute atomic E-state index is 12.4. The lowest BCUT2D eigenvalue weighted by Gasteiger charge is -2.17. The average Bonchev–Trinajstić information content (AvgIpc) is 3.07. The molecule has 1 aliphatic heterocycles. The number of nitrogens with one attached hydrogen (secondary N) is 1. The number of carbonyl (C=O) groups is 1. The number of nitrogen functional groups attached to an aromatic ring is 1. The lowest BCUT2D eigenvalue weighted by Crippen LogP contribution is -2.21. The number of nitrogens with zero attached hydrogens (tertiary/aromatic N) is 2. The van der Waals surface area contributed by atoms with E-state index in [1.807, 2.05) is 31.2 Å². The van der Waals surface area contributed by atoms with Gasteiger partial charge in [-0.15, -0.1) is 0 Å². The van der Waals surface area contributed by atoms with Gasteiger partial charge in [0.15, 0.2) is 0 Å². The number of rotatable bonds is 4. The van der Waals surface area contributed by atoms with Gasteiger partial charge in [-0.25, -0.2) is 4.98 Å². The molecule has 0 aliphatic carbocycles. The summed E-state index contributed by atoms with van der Waals surface area (Å²) in [4.78, 5) is 19.1. The highest BCUT2D eigenvalue weighted by atomic mass is 16.1. The highest BCUT2D eigenvalue weighted by molar-refractivity contribution is 6.05. The molecule has 1 fully saturated rings. The molecule has 0 spiro atoms. The predicted molar refractivity (Wildman–Crippen MR) is 98.4 cm³/mol. The van der Waals surface area contributed by atoms with Gasteiger partial charge < -0.3 is 16.0 Å². The van der Waals surface area contributed by atoms with Gasteiger partial charge in [0.25, 0.3) is 5.91 Å². The first-order valence-electron chi connectivity index (χ1n) is 8.45. The van der Waals surface area contributed by atoms with Gasteiger partial charge in [-0.2, -0.15) is 0 Å². The number of pyridine rings is 1. The minimum atomic E-state index is -0.195. The monoisotopic (exact) mass is 324 g/mol. The van der Waals surface area contributed by atoms with Gasteiger partial charge >= 0.3 is 0 Å². The van der Waals surface area contributed by atoms with Gasteiger partial charge in [0, 0.05) is 19.3 Å². The number of anilines is 3. The molecule has 24 heavy (non-hydrogen) atoms. The summed E-state index contributed by atoms with van der Waals surface area (Å²) in [5, 5.41) is 2.85. The van der Waals surface area contributed by atoms with Crippen molar-refractivity contribution < 1.29 is 4.79 Å². The molecule has 1 aromatic carbocycles. The van der Waals surface area contributed by atoms with E-state index in [1.54, 1.807) is 12.3 Å². The van der Waals surface area contributed by atoms with E-state index in [0.29, 0.717) is 16.9 Å². The molecular formula is C19H24N4O. The first kappa shape index (κ1) is 16.3. The SMILES string of the molecule is CCC1CCN(c2ccc(C(=O)Nc3cc(C)ccc3N)cn2)C1. The van der Waals surface area contributed by atoms with Crippen LogP contribution < -0.4 is 16.0 Å². The van der Waals surface area contributed by atoms with E-state index in [0.717, 1.165) is 30.4 Å². The number of amides is 1. The summed E-state index contributed by atoms with van der Waals surface area (Å²) in [5.41, 5.74) is 8.68. The second-order valence-electron chi connectivity index (χ2n) is 6.46. The molecule has 126 valence electrons. The Morgan fingerprint density at radius 1 is 1.38 bits per heavy atom. The van der Waals surface area contributed by atoms with Crippen LogP contribution in [0.1, 0.15) is 35.7 Å². The van der Waals surface area contributed by atoms with Crippen LogP contribution in [0.3, 0.4) is 0 Å². The number of hydrogen-bond donors (Lipinski definition) is 2. The van der Waals surface area contributed by atoms with E-state index in [4.69, 9.17) is 5.73 Å². The highest BCUT2D eigenvalue weighted by Gasteiger charge is 2.22. The number of hydrogen-bond acceptors (Lipinski definition) is 4. The minimum absolute atomic E-state index is 0.195. The van der Waals surface area contributed by atoms with Gasteiger partial charge in [0.1, 0.15) is 5.82 Å². The Balaban J connectivity index is 1.69. The van der Waals surface area contributed by atoms with Crippen molar-refractivity contribution in [3.8, 4) is 0 Å². The van der Waals surface area contributed by atoms with Crippen molar-refractivity contribution in [2.24, 2.45) is 5.92 Å². The molecular weight excluding hydrogens is 300 g/mol. The summed E-state index contributed by atoms with van der Waals surface area (Å²) in [5.74, 6) is 1.50. The lowest BCUT2D eigenvalue weighted by molar-refractivity contribution is 0.102. The van der Waals surface area contributed by atoms with Gasteiger partial charge in [-0.1, -0.05) is 19.4 Å². The summed E-state index contributed by atoms with van der Waals surface area (Å²) in [6, 6.07) is 9.32. The van der Waals surface area contributed by atoms with Gasteiger partial charge in [0.2, 0.25) is 0 Å². The molecule has 5 heteroatoms. The molecule has 0 saturated carbocycles. The van der Waals surface area contributed by atoms with E-state index < -0.39 is 0 Å². The fourth-order valence-electron chi connectivity index (χ4n) is 3.05. The highest BCUT2D eigenvalue weighted by Crippen LogP contribution is 2.24. The van der Waals surface area contributed by atoms with Crippen LogP contribution in [0.4, 0.5) is 17.2 Å². The van der Waals surface area contributed by atoms with Crippen LogP contribution >= 0.6 is 0 Å². The first-order chi connectivity index (χ1) is 11.6. The smallest absolute Gasteiger partial charge is 0.257 e. The van der Waals surface area contributed by atoms with Gasteiger partial charge in [0.05, 0.1) is 16.9 Å². The molecule has 5 nitrogen and oxygen atoms in total. The lowest BCUT2D eigenvalue weighted by atomic mass is 10.1. The van der Waals surface area contributed by atoms with Crippen molar-refractivity contribution in [2.45, 2.75) is 26.7 Å². The zero-order chi connectivity index (χ0) is 17.1. The summed E-state index contributed by atoms with van der Waals surface area (Å²) in [6.45, 7) is 6.28. The first-order valence-corrected chi connectivity index (χ1v) is 8.45. The van der Waals surface area contributed by atoms with Crippen molar-refractivity contribution in [3.63, 3.8) is 0 Å². The van der Waals surface area contributed by atoms with Gasteiger partial charge in [-0.05, 0) is 49.1 Å². The Hall–Kier alpha value is -2.56. The Kier molecular flexibility index (Phi) is 4.69. The molecule has 1 aliphatic rings. The Labute approximate surface area is 142 Å². The fourth-order valence-corrected chi connectivity index (χ4v) is 3.05. The summed E-state index contributed by atoms with van der Waals surface area (Å²) < 4.78 is 0. The molecule has 1 saturated heterocycles. The van der Waals surface area contributed by atoms with Crippen LogP contribution in [-0.2, 0) is 0 Å². The molecule has 3 N–H and O–H groups in total. The van der Waals surface area contributed by atoms with E-state index in [-0.39, 0.29) is 5.91 Å². The zero-order valence-corrected chi connectivity index (χ0v) is 14.2. The number of benzene rings is 1. The molecule has 2 heterocycles. The van der Waals surface area contributed by atoms with Crippen molar-refractivity contribution in [1.29, 1.82) is 0 Å². The Morgan fingerprint density at radius 3 is 2.88 bits per heavy atom. The van der Waals surface area contributed by atoms with E-state index in [1.165, 1.54) is 12.8 Å². The standard InChI is InChI=1S/C19H24N4O/c1-3-14-8-9-23(12-14)18-7-5-15(11-21-18)19(24)22-17-10-13(2)4-6-16(17)20/h4-7,10-11,14H,3,8-9,12,20H2,1-2H3,(H,22,24). The van der Waals surface area contributed by atoms with Crippen LogP contribution in [0, 0.1) is 12.8 Å². The fraction of sp³-hybridized carbons (Fsp3) is 0.368. The van der Waals surface area contributed by atoms with Gasteiger partial charge in [-0.3, -0.25) is 4.79 Å². The number of nitrogens with two attached hydrogens (primary N) is 1. The Bertz CT molecular complexity index is 727. The summed E-state index contributed by atoms with van der Waals surface area (Å²) >= 11 is 0. The summed E-state index contributed by atoms with van der Waals surface area (Å²) in [7, 11) is 0. The number of carbonyl (C=O) groups excluding carboxylic acids is 1. The summed E-state index contributed by atoms with van der Waals surface area (Å²) in [6.07, 6.45) is 4.05. The molecule has 1 aromatic heterocycles. The molecule has 0 radical (unpaired) electrons. The second-order valence-corrected chi connectivity index (χ2v) is 6.46. The zero-order valence-electron chi connectivity index (χ0n) is 14.2. The maximum atomic E-state index is 12.4.